The van der Waals surface area contributed by atoms with Crippen LogP contribution < -0.4 is 15.5 Å². The minimum atomic E-state index is -0.562. The summed E-state index contributed by atoms with van der Waals surface area (Å²) in [6, 6.07) is 20.6. The third-order valence-corrected chi connectivity index (χ3v) is 8.51. The number of hydrogen-bond donors (Lipinski definition) is 3. The molecule has 7 nitrogen and oxygen atoms in total. The number of anilines is 2. The van der Waals surface area contributed by atoms with Crippen LogP contribution in [0.25, 0.3) is 11.3 Å². The first-order valence-corrected chi connectivity index (χ1v) is 12.7. The van der Waals surface area contributed by atoms with E-state index in [1.54, 1.807) is 6.20 Å². The van der Waals surface area contributed by atoms with Crippen molar-refractivity contribution in [2.24, 2.45) is 0 Å². The fourth-order valence-corrected chi connectivity index (χ4v) is 6.40. The molecular formula is C29H33N5O2. The van der Waals surface area contributed by atoms with Crippen molar-refractivity contribution in [1.82, 2.24) is 15.2 Å². The second kappa shape index (κ2) is 8.61. The quantitative estimate of drug-likeness (QED) is 0.515. The fraction of sp³-hybridized carbons (Fsp3) is 0.379. The van der Waals surface area contributed by atoms with Gasteiger partial charge in [-0.05, 0) is 69.1 Å². The van der Waals surface area contributed by atoms with Crippen molar-refractivity contribution in [3.63, 3.8) is 0 Å². The Kier molecular flexibility index (Phi) is 5.50. The molecule has 3 aromatic rings. The maximum atomic E-state index is 13.1. The molecule has 1 unspecified atom stereocenters. The maximum Gasteiger partial charge on any atom is 0.322 e. The van der Waals surface area contributed by atoms with E-state index >= 15 is 0 Å². The molecule has 3 N–H and O–H groups in total. The van der Waals surface area contributed by atoms with Gasteiger partial charge in [0, 0.05) is 23.2 Å². The Bertz CT molecular complexity index is 1270. The maximum absolute atomic E-state index is 13.1. The van der Waals surface area contributed by atoms with E-state index in [-0.39, 0.29) is 17.1 Å². The number of aromatic nitrogens is 1. The lowest BCUT2D eigenvalue weighted by atomic mass is 9.69. The highest BCUT2D eigenvalue weighted by Gasteiger charge is 2.50. The molecule has 3 aliphatic rings. The van der Waals surface area contributed by atoms with Crippen LogP contribution in [0.5, 0.6) is 0 Å². The lowest BCUT2D eigenvalue weighted by Gasteiger charge is -2.48. The van der Waals surface area contributed by atoms with Crippen molar-refractivity contribution in [2.45, 2.75) is 49.4 Å². The third-order valence-electron chi connectivity index (χ3n) is 8.51. The van der Waals surface area contributed by atoms with Crippen molar-refractivity contribution in [2.75, 3.05) is 30.9 Å². The summed E-state index contributed by atoms with van der Waals surface area (Å²) in [7, 11) is 4.33. The van der Waals surface area contributed by atoms with E-state index in [1.165, 1.54) is 5.56 Å². The highest BCUT2D eigenvalue weighted by atomic mass is 16.3. The normalized spacial score (nSPS) is 27.3. The monoisotopic (exact) mass is 483 g/mol. The Morgan fingerprint density at radius 1 is 1.00 bits per heavy atom. The van der Waals surface area contributed by atoms with E-state index in [1.807, 2.05) is 35.2 Å². The van der Waals surface area contributed by atoms with Crippen LogP contribution in [0, 0.1) is 0 Å². The number of aliphatic hydroxyl groups is 1. The molecule has 1 saturated carbocycles. The van der Waals surface area contributed by atoms with Crippen LogP contribution in [0.15, 0.2) is 66.9 Å². The van der Waals surface area contributed by atoms with Gasteiger partial charge in [-0.15, -0.1) is 0 Å². The van der Waals surface area contributed by atoms with Crippen LogP contribution in [0.3, 0.4) is 0 Å². The average molecular weight is 484 g/mol. The molecule has 1 aliphatic carbocycles. The Morgan fingerprint density at radius 3 is 2.47 bits per heavy atom. The topological polar surface area (TPSA) is 80.7 Å². The molecule has 0 radical (unpaired) electrons. The van der Waals surface area contributed by atoms with Gasteiger partial charge in [-0.3, -0.25) is 14.8 Å². The van der Waals surface area contributed by atoms with E-state index in [9.17, 15) is 9.90 Å². The molecule has 1 saturated heterocycles. The molecule has 2 aromatic carbocycles. The Hall–Kier alpha value is -3.42. The standard InChI is InChI=1S/C29H33N5O2/c1-33(2)29(20-7-4-3-5-8-20)15-13-28(14-16-29)19-34(27(36)32-28)21-11-12-24(30-18-21)22-9-6-10-25-23(22)17-26(35)31-25/h3-12,18,26,31,35H,13-17,19H2,1-2H3,(H,32,36)/t26?,28-,29+. The van der Waals surface area contributed by atoms with Gasteiger partial charge in [-0.1, -0.05) is 42.5 Å². The summed E-state index contributed by atoms with van der Waals surface area (Å²) in [5.74, 6) is 0. The number of urea groups is 1. The van der Waals surface area contributed by atoms with E-state index in [2.05, 4.69) is 60.0 Å². The first kappa shape index (κ1) is 23.0. The molecule has 7 heteroatoms. The SMILES string of the molecule is CN(C)[C@]1(c2ccccc2)CC[C@]2(CC1)CN(c1ccc(-c3cccc4c3CC(O)N4)nc1)C(=O)N2. The average Bonchev–Trinajstić information content (AvgIpc) is 3.43. The molecule has 3 heterocycles. The van der Waals surface area contributed by atoms with Crippen molar-refractivity contribution in [1.29, 1.82) is 0 Å². The first-order chi connectivity index (χ1) is 17.4. The van der Waals surface area contributed by atoms with Gasteiger partial charge in [0.05, 0.1) is 29.7 Å². The predicted octanol–water partition coefficient (Wildman–Crippen LogP) is 4.33. The molecular weight excluding hydrogens is 450 g/mol. The number of carbonyl (C=O) groups excluding carboxylic acids is 1. The summed E-state index contributed by atoms with van der Waals surface area (Å²) >= 11 is 0. The highest BCUT2D eigenvalue weighted by Crippen LogP contribution is 2.46. The smallest absolute Gasteiger partial charge is 0.322 e. The van der Waals surface area contributed by atoms with Gasteiger partial charge >= 0.3 is 6.03 Å². The van der Waals surface area contributed by atoms with Crippen LogP contribution in [0.4, 0.5) is 16.2 Å². The number of hydrogen-bond acceptors (Lipinski definition) is 5. The predicted molar refractivity (Wildman–Crippen MR) is 142 cm³/mol. The number of nitrogens with zero attached hydrogens (tertiary/aromatic N) is 3. The van der Waals surface area contributed by atoms with E-state index < -0.39 is 6.23 Å². The summed E-state index contributed by atoms with van der Waals surface area (Å²) in [4.78, 5) is 22.0. The Labute approximate surface area is 212 Å². The number of nitrogens with one attached hydrogen (secondary N) is 2. The summed E-state index contributed by atoms with van der Waals surface area (Å²) in [6.45, 7) is 0.655. The van der Waals surface area contributed by atoms with Crippen molar-refractivity contribution >= 4 is 17.4 Å². The van der Waals surface area contributed by atoms with Crippen molar-refractivity contribution < 1.29 is 9.90 Å². The second-order valence-electron chi connectivity index (χ2n) is 10.7. The molecule has 36 heavy (non-hydrogen) atoms. The number of rotatable bonds is 4. The van der Waals surface area contributed by atoms with Gasteiger partial charge in [0.1, 0.15) is 6.23 Å². The molecule has 186 valence electrons. The first-order valence-electron chi connectivity index (χ1n) is 12.7. The fourth-order valence-electron chi connectivity index (χ4n) is 6.40. The molecule has 1 aromatic heterocycles. The molecule has 1 atom stereocenters. The van der Waals surface area contributed by atoms with E-state index in [0.29, 0.717) is 13.0 Å². The molecule has 6 rings (SSSR count). The van der Waals surface area contributed by atoms with Gasteiger partial charge in [-0.2, -0.15) is 0 Å². The zero-order valence-corrected chi connectivity index (χ0v) is 20.9. The largest absolute Gasteiger partial charge is 0.373 e. The van der Waals surface area contributed by atoms with Crippen LogP contribution >= 0.6 is 0 Å². The lowest BCUT2D eigenvalue weighted by Crippen LogP contribution is -2.54. The summed E-state index contributed by atoms with van der Waals surface area (Å²) < 4.78 is 0. The zero-order chi connectivity index (χ0) is 24.9. The minimum Gasteiger partial charge on any atom is -0.373 e. The zero-order valence-electron chi connectivity index (χ0n) is 20.9. The number of pyridine rings is 1. The van der Waals surface area contributed by atoms with Crippen molar-refractivity contribution in [3.05, 3.63) is 78.0 Å². The molecule has 2 fully saturated rings. The number of amides is 2. The molecule has 1 spiro atoms. The Morgan fingerprint density at radius 2 is 1.78 bits per heavy atom. The highest BCUT2D eigenvalue weighted by molar-refractivity contribution is 5.95. The number of fused-ring (bicyclic) bond motifs is 1. The number of carbonyl (C=O) groups is 1. The number of benzene rings is 2. The van der Waals surface area contributed by atoms with Gasteiger partial charge < -0.3 is 15.7 Å². The van der Waals surface area contributed by atoms with Gasteiger partial charge in [0.25, 0.3) is 0 Å². The Balaban J connectivity index is 1.20. The third kappa shape index (κ3) is 3.74. The summed E-state index contributed by atoms with van der Waals surface area (Å²) in [5, 5.41) is 16.4. The molecule has 2 aliphatic heterocycles. The molecule has 2 amide bonds. The second-order valence-corrected chi connectivity index (χ2v) is 10.7. The van der Waals surface area contributed by atoms with Crippen LogP contribution in [-0.2, 0) is 12.0 Å². The van der Waals surface area contributed by atoms with Gasteiger partial charge in [-0.25, -0.2) is 4.79 Å². The lowest BCUT2D eigenvalue weighted by molar-refractivity contribution is 0.0658. The van der Waals surface area contributed by atoms with Crippen LogP contribution in [-0.4, -0.2) is 53.4 Å². The van der Waals surface area contributed by atoms with Crippen LogP contribution in [0.1, 0.15) is 36.8 Å². The summed E-state index contributed by atoms with van der Waals surface area (Å²) in [5.41, 5.74) is 5.82. The van der Waals surface area contributed by atoms with E-state index in [0.717, 1.165) is 53.9 Å². The minimum absolute atomic E-state index is 0.00770. The molecule has 0 bridgehead atoms. The van der Waals surface area contributed by atoms with Crippen molar-refractivity contribution in [3.8, 4) is 11.3 Å². The number of aliphatic hydroxyl groups excluding tert-OH is 1. The van der Waals surface area contributed by atoms with Gasteiger partial charge in [0.15, 0.2) is 0 Å². The van der Waals surface area contributed by atoms with Gasteiger partial charge in [0.2, 0.25) is 0 Å². The van der Waals surface area contributed by atoms with E-state index in [4.69, 9.17) is 4.98 Å². The summed E-state index contributed by atoms with van der Waals surface area (Å²) in [6.07, 6.45) is 5.64. The van der Waals surface area contributed by atoms with Crippen LogP contribution in [0.2, 0.25) is 0 Å².